The summed E-state index contributed by atoms with van der Waals surface area (Å²) >= 11 is 0. The number of nitrogens with zero attached hydrogens (tertiary/aromatic N) is 1. The molecule has 1 saturated heterocycles. The lowest BCUT2D eigenvalue weighted by Gasteiger charge is -2.40. The normalized spacial score (nSPS) is 15.3. The van der Waals surface area contributed by atoms with Crippen LogP contribution in [0.2, 0.25) is 0 Å². The first-order valence-electron chi connectivity index (χ1n) is 14.1. The van der Waals surface area contributed by atoms with E-state index in [1.165, 1.54) is 10.6 Å². The molecule has 0 unspecified atom stereocenters. The first-order chi connectivity index (χ1) is 19.8. The molecule has 5 aromatic rings. The summed E-state index contributed by atoms with van der Waals surface area (Å²) in [4.78, 5) is 17.5. The maximum absolute atomic E-state index is 15.3. The SMILES string of the molecule is O=C(N1CCC[C@H]1CP(c1ccccc1)c1ccccc1)C(c1ccccc1)(c1ccccc1)c1ccccc1. The van der Waals surface area contributed by atoms with Gasteiger partial charge < -0.3 is 4.90 Å². The Morgan fingerprint density at radius 1 is 0.600 bits per heavy atom. The Kier molecular flexibility index (Phi) is 7.89. The number of carbonyl (C=O) groups excluding carboxylic acids is 1. The van der Waals surface area contributed by atoms with Crippen LogP contribution in [0.4, 0.5) is 0 Å². The molecule has 0 N–H and O–H groups in total. The third-order valence-electron chi connectivity index (χ3n) is 8.11. The lowest BCUT2D eigenvalue weighted by molar-refractivity contribution is -0.135. The van der Waals surface area contributed by atoms with Crippen LogP contribution in [0.1, 0.15) is 29.5 Å². The molecule has 5 aromatic carbocycles. The Bertz CT molecular complexity index is 1370. The summed E-state index contributed by atoms with van der Waals surface area (Å²) in [5, 5.41) is 2.73. The first kappa shape index (κ1) is 26.2. The van der Waals surface area contributed by atoms with Crippen LogP contribution in [-0.2, 0) is 10.2 Å². The van der Waals surface area contributed by atoms with Gasteiger partial charge in [-0.3, -0.25) is 4.79 Å². The Morgan fingerprint density at radius 2 is 0.975 bits per heavy atom. The molecule has 0 saturated carbocycles. The maximum Gasteiger partial charge on any atom is 0.242 e. The minimum Gasteiger partial charge on any atom is -0.338 e. The third kappa shape index (κ3) is 5.01. The molecule has 0 spiro atoms. The minimum atomic E-state index is -0.922. The van der Waals surface area contributed by atoms with Crippen molar-refractivity contribution in [3.05, 3.63) is 168 Å². The van der Waals surface area contributed by atoms with E-state index >= 15 is 4.79 Å². The average Bonchev–Trinajstić information content (AvgIpc) is 3.51. The molecule has 1 aliphatic rings. The molecule has 1 heterocycles. The molecule has 6 rings (SSSR count). The van der Waals surface area contributed by atoms with E-state index in [4.69, 9.17) is 0 Å². The van der Waals surface area contributed by atoms with Crippen LogP contribution in [0, 0.1) is 0 Å². The van der Waals surface area contributed by atoms with Crippen molar-refractivity contribution >= 4 is 24.4 Å². The van der Waals surface area contributed by atoms with E-state index in [1.54, 1.807) is 0 Å². The molecule has 1 amide bonds. The number of carbonyl (C=O) groups is 1. The number of amides is 1. The van der Waals surface area contributed by atoms with Crippen LogP contribution >= 0.6 is 7.92 Å². The van der Waals surface area contributed by atoms with E-state index in [2.05, 4.69) is 138 Å². The lowest BCUT2D eigenvalue weighted by atomic mass is 9.68. The number of hydrogen-bond acceptors (Lipinski definition) is 1. The molecule has 0 radical (unpaired) electrons. The number of benzene rings is 5. The molecule has 198 valence electrons. The predicted octanol–water partition coefficient (Wildman–Crippen LogP) is 7.14. The van der Waals surface area contributed by atoms with Gasteiger partial charge in [-0.05, 0) is 54.2 Å². The van der Waals surface area contributed by atoms with Gasteiger partial charge in [0.15, 0.2) is 0 Å². The zero-order valence-electron chi connectivity index (χ0n) is 22.6. The average molecular weight is 540 g/mol. The second-order valence-electron chi connectivity index (χ2n) is 10.4. The van der Waals surface area contributed by atoms with Crippen LogP contribution in [0.3, 0.4) is 0 Å². The van der Waals surface area contributed by atoms with Crippen LogP contribution < -0.4 is 10.6 Å². The maximum atomic E-state index is 15.3. The van der Waals surface area contributed by atoms with Gasteiger partial charge in [0.2, 0.25) is 5.91 Å². The Morgan fingerprint density at radius 3 is 1.38 bits per heavy atom. The van der Waals surface area contributed by atoms with Crippen molar-refractivity contribution in [1.29, 1.82) is 0 Å². The molecule has 1 aliphatic heterocycles. The van der Waals surface area contributed by atoms with Gasteiger partial charge in [0.05, 0.1) is 0 Å². The monoisotopic (exact) mass is 539 g/mol. The van der Waals surface area contributed by atoms with Crippen molar-refractivity contribution in [3.8, 4) is 0 Å². The highest BCUT2D eigenvalue weighted by atomic mass is 31.1. The minimum absolute atomic E-state index is 0.175. The van der Waals surface area contributed by atoms with Crippen LogP contribution in [0.15, 0.2) is 152 Å². The summed E-state index contributed by atoms with van der Waals surface area (Å²) in [7, 11) is -0.606. The van der Waals surface area contributed by atoms with E-state index in [1.807, 2.05) is 18.2 Å². The summed E-state index contributed by atoms with van der Waals surface area (Å²) in [6.45, 7) is 0.782. The third-order valence-corrected chi connectivity index (χ3v) is 10.7. The van der Waals surface area contributed by atoms with Crippen LogP contribution in [0.5, 0.6) is 0 Å². The van der Waals surface area contributed by atoms with Crippen molar-refractivity contribution in [2.45, 2.75) is 24.3 Å². The van der Waals surface area contributed by atoms with Crippen molar-refractivity contribution < 1.29 is 4.79 Å². The number of rotatable bonds is 8. The van der Waals surface area contributed by atoms with Crippen LogP contribution in [0.25, 0.3) is 0 Å². The van der Waals surface area contributed by atoms with Crippen molar-refractivity contribution in [3.63, 3.8) is 0 Å². The predicted molar refractivity (Wildman–Crippen MR) is 168 cm³/mol. The van der Waals surface area contributed by atoms with Gasteiger partial charge in [-0.1, -0.05) is 152 Å². The zero-order chi connectivity index (χ0) is 27.2. The Balaban J connectivity index is 1.46. The quantitative estimate of drug-likeness (QED) is 0.152. The number of likely N-dealkylation sites (tertiary alicyclic amines) is 1. The van der Waals surface area contributed by atoms with Gasteiger partial charge in [-0.2, -0.15) is 0 Å². The van der Waals surface area contributed by atoms with E-state index in [9.17, 15) is 0 Å². The molecule has 1 atom stereocenters. The van der Waals surface area contributed by atoms with Gasteiger partial charge >= 0.3 is 0 Å². The molecule has 0 aromatic heterocycles. The molecular formula is C37H34NOP. The highest BCUT2D eigenvalue weighted by Gasteiger charge is 2.48. The van der Waals surface area contributed by atoms with Crippen LogP contribution in [-0.4, -0.2) is 29.6 Å². The standard InChI is InChI=1S/C37H34NOP/c39-36(37(30-17-6-1-7-18-30,31-19-8-2-9-20-31)32-21-10-3-11-22-32)38-28-16-23-33(38)29-40(34-24-12-4-13-25-34)35-26-14-5-15-27-35/h1-15,17-22,24-27,33H,16,23,28-29H2/t33-/m0/s1. The molecule has 3 heteroatoms. The molecule has 40 heavy (non-hydrogen) atoms. The fourth-order valence-corrected chi connectivity index (χ4v) is 8.81. The molecule has 2 nitrogen and oxygen atoms in total. The van der Waals surface area contributed by atoms with Gasteiger partial charge in [0.25, 0.3) is 0 Å². The summed E-state index contributed by atoms with van der Waals surface area (Å²) in [6.07, 6.45) is 3.01. The summed E-state index contributed by atoms with van der Waals surface area (Å²) in [5.41, 5.74) is 2.11. The van der Waals surface area contributed by atoms with E-state index < -0.39 is 13.3 Å². The topological polar surface area (TPSA) is 20.3 Å². The van der Waals surface area contributed by atoms with Crippen molar-refractivity contribution in [2.24, 2.45) is 0 Å². The zero-order valence-corrected chi connectivity index (χ0v) is 23.5. The van der Waals surface area contributed by atoms with Gasteiger partial charge in [0.1, 0.15) is 5.41 Å². The van der Waals surface area contributed by atoms with Crippen molar-refractivity contribution in [2.75, 3.05) is 12.7 Å². The molecule has 0 bridgehead atoms. The Hall–Kier alpha value is -4.00. The molecular weight excluding hydrogens is 505 g/mol. The van der Waals surface area contributed by atoms with E-state index in [0.29, 0.717) is 0 Å². The van der Waals surface area contributed by atoms with E-state index in [0.717, 1.165) is 42.2 Å². The first-order valence-corrected chi connectivity index (χ1v) is 15.7. The van der Waals surface area contributed by atoms with Gasteiger partial charge in [0, 0.05) is 12.6 Å². The second kappa shape index (κ2) is 12.0. The summed E-state index contributed by atoms with van der Waals surface area (Å²) < 4.78 is 0. The van der Waals surface area contributed by atoms with E-state index in [-0.39, 0.29) is 11.9 Å². The van der Waals surface area contributed by atoms with Gasteiger partial charge in [-0.25, -0.2) is 0 Å². The highest BCUT2D eigenvalue weighted by molar-refractivity contribution is 7.73. The second-order valence-corrected chi connectivity index (χ2v) is 12.7. The largest absolute Gasteiger partial charge is 0.338 e. The lowest BCUT2D eigenvalue weighted by Crippen LogP contribution is -2.51. The summed E-state index contributed by atoms with van der Waals surface area (Å²) in [5.74, 6) is 0.176. The fraction of sp³-hybridized carbons (Fsp3) is 0.162. The van der Waals surface area contributed by atoms with Gasteiger partial charge in [-0.15, -0.1) is 0 Å². The molecule has 1 fully saturated rings. The smallest absolute Gasteiger partial charge is 0.242 e. The summed E-state index contributed by atoms with van der Waals surface area (Å²) in [6, 6.07) is 53.0. The van der Waals surface area contributed by atoms with Crippen molar-refractivity contribution in [1.82, 2.24) is 4.90 Å². The number of hydrogen-bond donors (Lipinski definition) is 0. The molecule has 0 aliphatic carbocycles. The Labute approximate surface area is 239 Å². The highest BCUT2D eigenvalue weighted by Crippen LogP contribution is 2.44. The fourth-order valence-electron chi connectivity index (χ4n) is 6.23.